The Bertz CT molecular complexity index is 1290. The number of nitrogens with zero attached hydrogens (tertiary/aromatic N) is 3. The number of nitrogens with one attached hydrogen (secondary N) is 3. The van der Waals surface area contributed by atoms with E-state index in [4.69, 9.17) is 20.1 Å². The molecular weight excluding hydrogens is 492 g/mol. The Balaban J connectivity index is 1.72. The van der Waals surface area contributed by atoms with E-state index in [1.165, 1.54) is 24.5 Å². The lowest BCUT2D eigenvalue weighted by atomic mass is 10.1. The van der Waals surface area contributed by atoms with E-state index in [1.807, 2.05) is 0 Å². The maximum absolute atomic E-state index is 12.5. The molecule has 0 aliphatic heterocycles. The molecule has 1 aliphatic rings. The fourth-order valence-corrected chi connectivity index (χ4v) is 4.15. The molecule has 14 heteroatoms. The molecule has 1 saturated carbocycles. The van der Waals surface area contributed by atoms with Crippen molar-refractivity contribution in [3.05, 3.63) is 41.0 Å². The van der Waals surface area contributed by atoms with Gasteiger partial charge < -0.3 is 35.8 Å². The number of thiazole rings is 1. The molecule has 190 valence electrons. The van der Waals surface area contributed by atoms with Crippen molar-refractivity contribution in [3.63, 3.8) is 0 Å². The molecule has 4 rings (SSSR count). The third-order valence-electron chi connectivity index (χ3n) is 5.14. The standard InChI is InChI=1S/C22H24N6O7S/c1-10(29)15-9-23-21(36-15)12-4-3-5-13(18(12)35-2)24-14-8-16(25-19(30)11-6-7-11)27-28-17(14)20(31)26-22(32,33)34/h3-5,8-11,29,32-34H,6-7H2,1-2H3,(H,26,31)(H2,24,25,27,30). The van der Waals surface area contributed by atoms with Crippen LogP contribution in [0.25, 0.3) is 10.6 Å². The van der Waals surface area contributed by atoms with E-state index in [-0.39, 0.29) is 23.3 Å². The van der Waals surface area contributed by atoms with Crippen LogP contribution in [0.4, 0.5) is 17.2 Å². The minimum Gasteiger partial charge on any atom is -0.494 e. The highest BCUT2D eigenvalue weighted by molar-refractivity contribution is 7.15. The van der Waals surface area contributed by atoms with Crippen LogP contribution < -0.4 is 20.7 Å². The lowest BCUT2D eigenvalue weighted by Gasteiger charge is -2.18. The highest BCUT2D eigenvalue weighted by Gasteiger charge is 2.31. The molecule has 1 aromatic carbocycles. The first-order valence-corrected chi connectivity index (χ1v) is 11.6. The SMILES string of the molecule is COc1c(Nc2cc(NC(=O)C3CC3)nnc2C(=O)NC(O)(O)O)cccc1-c1ncc(C(C)O)s1. The summed E-state index contributed by atoms with van der Waals surface area (Å²) in [7, 11) is 1.45. The van der Waals surface area contributed by atoms with E-state index in [1.54, 1.807) is 36.6 Å². The number of carbonyl (C=O) groups excluding carboxylic acids is 2. The molecule has 2 amide bonds. The van der Waals surface area contributed by atoms with Gasteiger partial charge in [-0.2, -0.15) is 0 Å². The van der Waals surface area contributed by atoms with Gasteiger partial charge in [0.2, 0.25) is 5.91 Å². The van der Waals surface area contributed by atoms with Crippen LogP contribution in [-0.4, -0.2) is 60.6 Å². The number of aliphatic hydroxyl groups is 4. The Morgan fingerprint density at radius 3 is 2.56 bits per heavy atom. The van der Waals surface area contributed by atoms with Crippen LogP contribution in [0, 0.1) is 5.92 Å². The van der Waals surface area contributed by atoms with E-state index in [0.29, 0.717) is 26.9 Å². The van der Waals surface area contributed by atoms with Gasteiger partial charge in [0.15, 0.2) is 17.3 Å². The molecule has 1 aliphatic carbocycles. The smallest absolute Gasteiger partial charge is 0.369 e. The zero-order valence-corrected chi connectivity index (χ0v) is 20.0. The van der Waals surface area contributed by atoms with Crippen LogP contribution in [0.1, 0.15) is 41.2 Å². The Labute approximate surface area is 208 Å². The average molecular weight is 517 g/mol. The Morgan fingerprint density at radius 2 is 1.94 bits per heavy atom. The van der Waals surface area contributed by atoms with Crippen LogP contribution in [0.3, 0.4) is 0 Å². The third kappa shape index (κ3) is 5.92. The van der Waals surface area contributed by atoms with Crippen molar-refractivity contribution in [2.24, 2.45) is 5.92 Å². The molecule has 36 heavy (non-hydrogen) atoms. The Kier molecular flexibility index (Phi) is 7.14. The average Bonchev–Trinajstić information content (AvgIpc) is 3.54. The van der Waals surface area contributed by atoms with Crippen LogP contribution in [0.5, 0.6) is 5.75 Å². The predicted octanol–water partition coefficient (Wildman–Crippen LogP) is 1.07. The molecule has 0 bridgehead atoms. The first-order chi connectivity index (χ1) is 17.1. The first kappa shape index (κ1) is 25.4. The molecule has 0 spiro atoms. The van der Waals surface area contributed by atoms with Gasteiger partial charge in [0.25, 0.3) is 5.91 Å². The van der Waals surface area contributed by atoms with Crippen molar-refractivity contribution in [2.45, 2.75) is 32.0 Å². The number of hydrogen-bond donors (Lipinski definition) is 7. The van der Waals surface area contributed by atoms with Gasteiger partial charge in [-0.3, -0.25) is 14.9 Å². The normalized spacial score (nSPS) is 14.2. The van der Waals surface area contributed by atoms with Gasteiger partial charge in [-0.25, -0.2) is 4.98 Å². The number of carbonyl (C=O) groups is 2. The van der Waals surface area contributed by atoms with Gasteiger partial charge in [-0.15, -0.1) is 21.5 Å². The number of anilines is 3. The molecule has 7 N–H and O–H groups in total. The third-order valence-corrected chi connectivity index (χ3v) is 6.34. The molecule has 1 fully saturated rings. The maximum atomic E-state index is 12.5. The number of aliphatic hydroxyl groups excluding tert-OH is 1. The zero-order valence-electron chi connectivity index (χ0n) is 19.2. The molecule has 0 radical (unpaired) electrons. The van der Waals surface area contributed by atoms with Crippen molar-refractivity contribution < 1.29 is 34.8 Å². The molecule has 2 aromatic heterocycles. The summed E-state index contributed by atoms with van der Waals surface area (Å²) in [5.41, 5.74) is 0.611. The molecule has 0 saturated heterocycles. The van der Waals surface area contributed by atoms with E-state index < -0.39 is 23.8 Å². The summed E-state index contributed by atoms with van der Waals surface area (Å²) in [5.74, 6) is -1.08. The monoisotopic (exact) mass is 516 g/mol. The lowest BCUT2D eigenvalue weighted by Crippen LogP contribution is -2.48. The second kappa shape index (κ2) is 10.1. The largest absolute Gasteiger partial charge is 0.494 e. The van der Waals surface area contributed by atoms with Crippen molar-refractivity contribution in [2.75, 3.05) is 17.7 Å². The number of hydrogen-bond acceptors (Lipinski definition) is 12. The van der Waals surface area contributed by atoms with E-state index in [0.717, 1.165) is 12.8 Å². The van der Waals surface area contributed by atoms with Crippen LogP contribution in [0.2, 0.25) is 0 Å². The molecule has 3 aromatic rings. The van der Waals surface area contributed by atoms with Crippen molar-refractivity contribution in [1.29, 1.82) is 0 Å². The van der Waals surface area contributed by atoms with Gasteiger partial charge in [0.1, 0.15) is 5.01 Å². The number of ether oxygens (including phenoxy) is 1. The first-order valence-electron chi connectivity index (χ1n) is 10.8. The fourth-order valence-electron chi connectivity index (χ4n) is 3.27. The van der Waals surface area contributed by atoms with E-state index >= 15 is 0 Å². The molecular formula is C22H24N6O7S. The number of methoxy groups -OCH3 is 1. The summed E-state index contributed by atoms with van der Waals surface area (Å²) in [6, 6.07) is 6.49. The highest BCUT2D eigenvalue weighted by atomic mass is 32.1. The predicted molar refractivity (Wildman–Crippen MR) is 128 cm³/mol. The van der Waals surface area contributed by atoms with Crippen LogP contribution in [0.15, 0.2) is 30.5 Å². The molecule has 1 unspecified atom stereocenters. The summed E-state index contributed by atoms with van der Waals surface area (Å²) >= 11 is 1.28. The topological polar surface area (TPSA) is 199 Å². The summed E-state index contributed by atoms with van der Waals surface area (Å²) in [4.78, 5) is 29.7. The quantitative estimate of drug-likeness (QED) is 0.201. The fraction of sp³-hybridized carbons (Fsp3) is 0.318. The van der Waals surface area contributed by atoms with Crippen molar-refractivity contribution in [1.82, 2.24) is 20.5 Å². The van der Waals surface area contributed by atoms with E-state index in [2.05, 4.69) is 25.8 Å². The minimum atomic E-state index is -3.49. The maximum Gasteiger partial charge on any atom is 0.369 e. The number of rotatable bonds is 9. The second-order valence-corrected chi connectivity index (χ2v) is 9.16. The summed E-state index contributed by atoms with van der Waals surface area (Å²) in [5, 5.41) is 52.7. The lowest BCUT2D eigenvalue weighted by molar-refractivity contribution is -0.323. The van der Waals surface area contributed by atoms with Gasteiger partial charge >= 0.3 is 6.10 Å². The van der Waals surface area contributed by atoms with Gasteiger partial charge in [0.05, 0.1) is 35.0 Å². The van der Waals surface area contributed by atoms with Gasteiger partial charge in [0, 0.05) is 18.2 Å². The minimum absolute atomic E-state index is 0.0251. The molecule has 1 atom stereocenters. The van der Waals surface area contributed by atoms with Crippen molar-refractivity contribution >= 4 is 40.3 Å². The highest BCUT2D eigenvalue weighted by Crippen LogP contribution is 2.40. The number of para-hydroxylation sites is 1. The Morgan fingerprint density at radius 1 is 1.19 bits per heavy atom. The zero-order chi connectivity index (χ0) is 26.0. The van der Waals surface area contributed by atoms with Gasteiger partial charge in [-0.1, -0.05) is 6.07 Å². The van der Waals surface area contributed by atoms with Crippen LogP contribution >= 0.6 is 11.3 Å². The summed E-state index contributed by atoms with van der Waals surface area (Å²) < 4.78 is 5.60. The van der Waals surface area contributed by atoms with Crippen molar-refractivity contribution in [3.8, 4) is 16.3 Å². The second-order valence-electron chi connectivity index (χ2n) is 8.10. The Hall–Kier alpha value is -3.69. The molecule has 2 heterocycles. The number of aromatic nitrogens is 3. The summed E-state index contributed by atoms with van der Waals surface area (Å²) in [6.07, 6.45) is -1.06. The number of benzene rings is 1. The van der Waals surface area contributed by atoms with Crippen LogP contribution in [-0.2, 0) is 4.79 Å². The summed E-state index contributed by atoms with van der Waals surface area (Å²) in [6.45, 7) is 1.63. The molecule has 13 nitrogen and oxygen atoms in total. The van der Waals surface area contributed by atoms with E-state index in [9.17, 15) is 14.7 Å². The van der Waals surface area contributed by atoms with Gasteiger partial charge in [-0.05, 0) is 31.9 Å². The number of amides is 2.